The molecule has 0 bridgehead atoms. The number of hydrogen-bond donors (Lipinski definition) is 0. The highest BCUT2D eigenvalue weighted by molar-refractivity contribution is 6.09. The number of rotatable bonds is 52. The van der Waals surface area contributed by atoms with Crippen LogP contribution in [0.15, 0.2) is 48.5 Å². The third kappa shape index (κ3) is 34.1. The quantitative estimate of drug-likeness (QED) is 0.0488. The van der Waals surface area contributed by atoms with E-state index in [2.05, 4.69) is 86.0 Å². The molecule has 2 aromatic carbocycles. The lowest BCUT2D eigenvalue weighted by molar-refractivity contribution is 0.103. The Hall–Kier alpha value is -2.29. The van der Waals surface area contributed by atoms with E-state index in [1.165, 1.54) is 294 Å². The maximum absolute atomic E-state index is 13.9. The van der Waals surface area contributed by atoms with Gasteiger partial charge in [0.15, 0.2) is 5.78 Å². The Labute approximate surface area is 426 Å². The van der Waals surface area contributed by atoms with E-state index in [1.54, 1.807) is 0 Å². The van der Waals surface area contributed by atoms with Crippen LogP contribution in [-0.2, 0) is 0 Å². The van der Waals surface area contributed by atoms with Gasteiger partial charge in [0.25, 0.3) is 0 Å². The fourth-order valence-electron chi connectivity index (χ4n) is 10.4. The fraction of sp³-hybridized carbons (Fsp3) is 0.800. The zero-order valence-corrected chi connectivity index (χ0v) is 46.4. The summed E-state index contributed by atoms with van der Waals surface area (Å²) in [5, 5.41) is 0. The normalized spacial score (nSPS) is 11.5. The van der Waals surface area contributed by atoms with Gasteiger partial charge in [-0.05, 0) is 74.2 Å². The standard InChI is InChI=1S/C65H116N2O/c1-5-9-13-17-21-23-25-27-29-31-33-35-37-39-43-47-59-66(57-45-41-19-15-11-7-3)63-53-49-61(50-54-63)65(68)62-51-55-64(56-52-62)67(58-46-42-20-16-12-8-4)60-48-44-40-38-36-34-32-30-28-26-24-22-18-14-10-6-2/h49-56H,5-48,57-60H2,1-4H3. The van der Waals surface area contributed by atoms with Crippen LogP contribution in [0.4, 0.5) is 11.4 Å². The Kier molecular flexibility index (Phi) is 42.8. The predicted octanol–water partition coefficient (Wildman–Crippen LogP) is 21.8. The van der Waals surface area contributed by atoms with Gasteiger partial charge in [-0.15, -0.1) is 0 Å². The SMILES string of the molecule is CCCCCCCCCCCCCCCCCCN(CCCCCCCC)c1ccc(C(=O)c2ccc(N(CCCCCCCC)CCCCCCCCCCCCCCCCCC)cc2)cc1. The van der Waals surface area contributed by atoms with Crippen LogP contribution >= 0.6 is 0 Å². The minimum atomic E-state index is 0.142. The Balaban J connectivity index is 1.82. The van der Waals surface area contributed by atoms with Crippen LogP contribution in [0, 0.1) is 0 Å². The van der Waals surface area contributed by atoms with Crippen molar-refractivity contribution in [2.75, 3.05) is 36.0 Å². The third-order valence-electron chi connectivity index (χ3n) is 15.1. The summed E-state index contributed by atoms with van der Waals surface area (Å²) in [5.41, 5.74) is 4.18. The second kappa shape index (κ2) is 47.1. The monoisotopic (exact) mass is 941 g/mol. The number of hydrogen-bond acceptors (Lipinski definition) is 3. The minimum Gasteiger partial charge on any atom is -0.372 e. The molecule has 0 aliphatic carbocycles. The first-order valence-corrected chi connectivity index (χ1v) is 30.9. The zero-order valence-electron chi connectivity index (χ0n) is 46.4. The van der Waals surface area contributed by atoms with Crippen LogP contribution in [0.1, 0.15) is 326 Å². The maximum atomic E-state index is 13.9. The zero-order chi connectivity index (χ0) is 48.6. The lowest BCUT2D eigenvalue weighted by atomic mass is 10.0. The Morgan fingerprint density at radius 2 is 0.412 bits per heavy atom. The van der Waals surface area contributed by atoms with Gasteiger partial charge in [0.05, 0.1) is 0 Å². The molecule has 3 nitrogen and oxygen atoms in total. The minimum absolute atomic E-state index is 0.142. The lowest BCUT2D eigenvalue weighted by Gasteiger charge is -2.26. The number of benzene rings is 2. The summed E-state index contributed by atoms with van der Waals surface area (Å²) < 4.78 is 0. The first kappa shape index (κ1) is 61.8. The molecule has 0 fully saturated rings. The average Bonchev–Trinajstić information content (AvgIpc) is 3.36. The highest BCUT2D eigenvalue weighted by Crippen LogP contribution is 2.24. The predicted molar refractivity (Wildman–Crippen MR) is 307 cm³/mol. The Bertz CT molecular complexity index is 1230. The molecule has 0 aliphatic heterocycles. The molecule has 3 heteroatoms. The number of carbonyl (C=O) groups is 1. The summed E-state index contributed by atoms with van der Waals surface area (Å²) in [6.07, 6.45) is 60.9. The van der Waals surface area contributed by atoms with Gasteiger partial charge in [0.1, 0.15) is 0 Å². The van der Waals surface area contributed by atoms with Crippen molar-refractivity contribution in [1.82, 2.24) is 0 Å². The third-order valence-corrected chi connectivity index (χ3v) is 15.1. The molecule has 0 heterocycles. The summed E-state index contributed by atoms with van der Waals surface area (Å²) in [7, 11) is 0. The van der Waals surface area contributed by atoms with Crippen LogP contribution in [0.3, 0.4) is 0 Å². The number of anilines is 2. The van der Waals surface area contributed by atoms with Gasteiger partial charge in [-0.25, -0.2) is 0 Å². The number of nitrogens with zero attached hydrogens (tertiary/aromatic N) is 2. The summed E-state index contributed by atoms with van der Waals surface area (Å²) in [4.78, 5) is 19.1. The molecule has 0 amide bonds. The van der Waals surface area contributed by atoms with Crippen molar-refractivity contribution in [2.24, 2.45) is 0 Å². The van der Waals surface area contributed by atoms with Crippen molar-refractivity contribution in [3.63, 3.8) is 0 Å². The molecule has 0 unspecified atom stereocenters. The molecule has 68 heavy (non-hydrogen) atoms. The van der Waals surface area contributed by atoms with Crippen LogP contribution in [0.5, 0.6) is 0 Å². The van der Waals surface area contributed by atoms with E-state index in [0.29, 0.717) is 0 Å². The molecule has 2 aromatic rings. The van der Waals surface area contributed by atoms with Gasteiger partial charge >= 0.3 is 0 Å². The Morgan fingerprint density at radius 1 is 0.250 bits per heavy atom. The molecular formula is C65H116N2O. The molecule has 0 atom stereocenters. The second-order valence-electron chi connectivity index (χ2n) is 21.5. The van der Waals surface area contributed by atoms with Gasteiger partial charge in [-0.3, -0.25) is 4.79 Å². The molecule has 0 aromatic heterocycles. The van der Waals surface area contributed by atoms with E-state index in [-0.39, 0.29) is 5.78 Å². The number of ketones is 1. The number of unbranched alkanes of at least 4 members (excludes halogenated alkanes) is 40. The molecule has 392 valence electrons. The van der Waals surface area contributed by atoms with E-state index in [9.17, 15) is 4.79 Å². The highest BCUT2D eigenvalue weighted by Gasteiger charge is 2.14. The molecule has 0 radical (unpaired) electrons. The van der Waals surface area contributed by atoms with Crippen molar-refractivity contribution >= 4 is 17.2 Å². The van der Waals surface area contributed by atoms with E-state index < -0.39 is 0 Å². The highest BCUT2D eigenvalue weighted by atomic mass is 16.1. The summed E-state index contributed by atoms with van der Waals surface area (Å²) in [6.45, 7) is 13.7. The van der Waals surface area contributed by atoms with E-state index >= 15 is 0 Å². The second-order valence-corrected chi connectivity index (χ2v) is 21.5. The summed E-state index contributed by atoms with van der Waals surface area (Å²) in [6, 6.07) is 17.3. The van der Waals surface area contributed by atoms with Crippen LogP contribution in [-0.4, -0.2) is 32.0 Å². The van der Waals surface area contributed by atoms with Crippen LogP contribution in [0.2, 0.25) is 0 Å². The summed E-state index contributed by atoms with van der Waals surface area (Å²) >= 11 is 0. The van der Waals surface area contributed by atoms with Crippen molar-refractivity contribution in [2.45, 2.75) is 310 Å². The smallest absolute Gasteiger partial charge is 0.193 e. The molecule has 0 aliphatic rings. The Morgan fingerprint density at radius 3 is 0.588 bits per heavy atom. The van der Waals surface area contributed by atoms with Crippen molar-refractivity contribution < 1.29 is 4.79 Å². The molecule has 0 saturated heterocycles. The molecule has 0 N–H and O–H groups in total. The van der Waals surface area contributed by atoms with E-state index in [1.807, 2.05) is 0 Å². The maximum Gasteiger partial charge on any atom is 0.193 e. The van der Waals surface area contributed by atoms with Crippen molar-refractivity contribution in [3.05, 3.63) is 59.7 Å². The van der Waals surface area contributed by atoms with E-state index in [0.717, 1.165) is 37.3 Å². The van der Waals surface area contributed by atoms with Gasteiger partial charge in [-0.2, -0.15) is 0 Å². The molecular weight excluding hydrogens is 825 g/mol. The summed E-state index contributed by atoms with van der Waals surface area (Å²) in [5.74, 6) is 0.142. The first-order chi connectivity index (χ1) is 33.6. The largest absolute Gasteiger partial charge is 0.372 e. The molecule has 0 spiro atoms. The topological polar surface area (TPSA) is 23.6 Å². The van der Waals surface area contributed by atoms with Crippen LogP contribution in [0.25, 0.3) is 0 Å². The molecule has 2 rings (SSSR count). The first-order valence-electron chi connectivity index (χ1n) is 30.9. The average molecular weight is 942 g/mol. The van der Waals surface area contributed by atoms with Gasteiger partial charge in [0.2, 0.25) is 0 Å². The van der Waals surface area contributed by atoms with Gasteiger partial charge in [-0.1, -0.05) is 285 Å². The van der Waals surface area contributed by atoms with Crippen molar-refractivity contribution in [3.8, 4) is 0 Å². The number of carbonyl (C=O) groups excluding carboxylic acids is 1. The van der Waals surface area contributed by atoms with E-state index in [4.69, 9.17) is 0 Å². The van der Waals surface area contributed by atoms with Crippen LogP contribution < -0.4 is 9.80 Å². The lowest BCUT2D eigenvalue weighted by Crippen LogP contribution is -2.26. The fourth-order valence-corrected chi connectivity index (χ4v) is 10.4. The molecule has 0 saturated carbocycles. The van der Waals surface area contributed by atoms with Gasteiger partial charge in [0, 0.05) is 48.7 Å². The van der Waals surface area contributed by atoms with Gasteiger partial charge < -0.3 is 9.80 Å². The van der Waals surface area contributed by atoms with Crippen molar-refractivity contribution in [1.29, 1.82) is 0 Å².